The number of aliphatic hydroxyl groups excluding tert-OH is 1. The fourth-order valence-corrected chi connectivity index (χ4v) is 3.10. The molecular weight excluding hydrogens is 334 g/mol. The summed E-state index contributed by atoms with van der Waals surface area (Å²) in [6.07, 6.45) is 2.34. The topological polar surface area (TPSA) is 80.0 Å². The molecule has 1 aliphatic rings. The molecule has 26 heavy (non-hydrogen) atoms. The van der Waals surface area contributed by atoms with Crippen molar-refractivity contribution in [3.8, 4) is 0 Å². The number of ether oxygens (including phenoxy) is 1. The minimum Gasteiger partial charge on any atom is -0.507 e. The summed E-state index contributed by atoms with van der Waals surface area (Å²) in [5, 5.41) is 10.8. The van der Waals surface area contributed by atoms with Crippen LogP contribution in [0.5, 0.6) is 0 Å². The third-order valence-electron chi connectivity index (χ3n) is 4.52. The molecule has 1 aliphatic heterocycles. The molecule has 6 heteroatoms. The minimum absolute atomic E-state index is 0.0327. The Morgan fingerprint density at radius 3 is 2.54 bits per heavy atom. The number of aliphatic hydroxyl groups is 1. The number of likely N-dealkylation sites (tertiary alicyclic amines) is 1. The van der Waals surface area contributed by atoms with Crippen LogP contribution in [-0.4, -0.2) is 42.0 Å². The minimum atomic E-state index is -0.772. The van der Waals surface area contributed by atoms with Crippen LogP contribution in [0.15, 0.2) is 52.7 Å². The van der Waals surface area contributed by atoms with Crippen molar-refractivity contribution in [3.05, 3.63) is 65.1 Å². The summed E-state index contributed by atoms with van der Waals surface area (Å²) in [5.74, 6) is -1.17. The maximum atomic E-state index is 12.6. The lowest BCUT2D eigenvalue weighted by Crippen LogP contribution is -2.32. The molecule has 0 radical (unpaired) electrons. The fraction of sp³-hybridized carbons (Fsp3) is 0.300. The van der Waals surface area contributed by atoms with E-state index in [9.17, 15) is 14.7 Å². The predicted octanol–water partition coefficient (Wildman–Crippen LogP) is 2.91. The monoisotopic (exact) mass is 355 g/mol. The van der Waals surface area contributed by atoms with Crippen LogP contribution in [0.2, 0.25) is 0 Å². The van der Waals surface area contributed by atoms with Gasteiger partial charge in [-0.15, -0.1) is 0 Å². The number of amides is 1. The highest BCUT2D eigenvalue weighted by atomic mass is 16.5. The highest BCUT2D eigenvalue weighted by Crippen LogP contribution is 2.39. The molecule has 1 unspecified atom stereocenters. The molecule has 1 aromatic heterocycles. The summed E-state index contributed by atoms with van der Waals surface area (Å²) in [6.45, 7) is 2.53. The van der Waals surface area contributed by atoms with E-state index in [2.05, 4.69) is 0 Å². The Balaban J connectivity index is 2.09. The normalized spacial score (nSPS) is 19.3. The molecule has 0 spiro atoms. The van der Waals surface area contributed by atoms with Crippen molar-refractivity contribution >= 4 is 17.4 Å². The van der Waals surface area contributed by atoms with E-state index in [0.717, 1.165) is 12.0 Å². The van der Waals surface area contributed by atoms with Gasteiger partial charge in [-0.2, -0.15) is 0 Å². The van der Waals surface area contributed by atoms with Gasteiger partial charge < -0.3 is 19.2 Å². The standard InChI is InChI=1S/C20H21NO5/c1-3-13-6-8-14(9-7-13)18(22)16-17(15-5-4-11-26-15)21(10-12-25-2)20(24)19(16)23/h4-9,11,17,22H,3,10,12H2,1-2H3/b18-16-. The number of methoxy groups -OCH3 is 1. The van der Waals surface area contributed by atoms with Crippen molar-refractivity contribution < 1.29 is 23.8 Å². The fourth-order valence-electron chi connectivity index (χ4n) is 3.10. The lowest BCUT2D eigenvalue weighted by atomic mass is 9.98. The van der Waals surface area contributed by atoms with E-state index in [4.69, 9.17) is 9.15 Å². The quantitative estimate of drug-likeness (QED) is 0.490. The summed E-state index contributed by atoms with van der Waals surface area (Å²) >= 11 is 0. The third-order valence-corrected chi connectivity index (χ3v) is 4.52. The molecule has 1 atom stereocenters. The lowest BCUT2D eigenvalue weighted by Gasteiger charge is -2.22. The molecular formula is C20H21NO5. The molecule has 1 N–H and O–H groups in total. The van der Waals surface area contributed by atoms with E-state index in [0.29, 0.717) is 11.3 Å². The number of furan rings is 1. The highest BCUT2D eigenvalue weighted by molar-refractivity contribution is 6.46. The second-order valence-corrected chi connectivity index (χ2v) is 6.05. The number of rotatable bonds is 6. The number of hydrogen-bond acceptors (Lipinski definition) is 5. The van der Waals surface area contributed by atoms with Crippen LogP contribution in [0.1, 0.15) is 29.9 Å². The zero-order valence-electron chi connectivity index (χ0n) is 14.8. The Kier molecular flexibility index (Phi) is 5.23. The number of nitrogens with zero attached hydrogens (tertiary/aromatic N) is 1. The van der Waals surface area contributed by atoms with Crippen molar-refractivity contribution in [3.63, 3.8) is 0 Å². The first-order chi connectivity index (χ1) is 12.6. The molecule has 2 heterocycles. The van der Waals surface area contributed by atoms with Gasteiger partial charge in [0.2, 0.25) is 0 Å². The van der Waals surface area contributed by atoms with Crippen LogP contribution in [-0.2, 0) is 20.7 Å². The van der Waals surface area contributed by atoms with Gasteiger partial charge in [0.15, 0.2) is 0 Å². The van der Waals surface area contributed by atoms with Gasteiger partial charge in [-0.05, 0) is 24.1 Å². The van der Waals surface area contributed by atoms with Crippen molar-refractivity contribution in [2.24, 2.45) is 0 Å². The van der Waals surface area contributed by atoms with Gasteiger partial charge in [-0.25, -0.2) is 0 Å². The summed E-state index contributed by atoms with van der Waals surface area (Å²) in [4.78, 5) is 26.5. The Morgan fingerprint density at radius 2 is 1.96 bits per heavy atom. The molecule has 0 aliphatic carbocycles. The van der Waals surface area contributed by atoms with Gasteiger partial charge in [-0.1, -0.05) is 31.2 Å². The molecule has 2 aromatic rings. The molecule has 136 valence electrons. The maximum Gasteiger partial charge on any atom is 0.295 e. The average Bonchev–Trinajstić information content (AvgIpc) is 3.27. The van der Waals surface area contributed by atoms with Crippen molar-refractivity contribution in [2.45, 2.75) is 19.4 Å². The van der Waals surface area contributed by atoms with Gasteiger partial charge in [0.05, 0.1) is 18.4 Å². The van der Waals surface area contributed by atoms with E-state index in [1.807, 2.05) is 19.1 Å². The molecule has 3 rings (SSSR count). The van der Waals surface area contributed by atoms with Gasteiger partial charge in [0.25, 0.3) is 11.7 Å². The molecule has 1 amide bonds. The van der Waals surface area contributed by atoms with E-state index in [1.54, 1.807) is 24.3 Å². The summed E-state index contributed by atoms with van der Waals surface area (Å²) < 4.78 is 10.5. The van der Waals surface area contributed by atoms with E-state index in [-0.39, 0.29) is 24.5 Å². The zero-order chi connectivity index (χ0) is 18.7. The number of ketones is 1. The average molecular weight is 355 g/mol. The molecule has 0 saturated carbocycles. The number of hydrogen-bond donors (Lipinski definition) is 1. The second-order valence-electron chi connectivity index (χ2n) is 6.05. The van der Waals surface area contributed by atoms with Gasteiger partial charge >= 0.3 is 0 Å². The molecule has 1 aromatic carbocycles. The second kappa shape index (κ2) is 7.58. The summed E-state index contributed by atoms with van der Waals surface area (Å²) in [5.41, 5.74) is 1.64. The summed E-state index contributed by atoms with van der Waals surface area (Å²) in [7, 11) is 1.52. The van der Waals surface area contributed by atoms with Gasteiger partial charge in [0.1, 0.15) is 17.6 Å². The van der Waals surface area contributed by atoms with Crippen LogP contribution in [0.4, 0.5) is 0 Å². The van der Waals surface area contributed by atoms with Crippen LogP contribution in [0.3, 0.4) is 0 Å². The summed E-state index contributed by atoms with van der Waals surface area (Å²) in [6, 6.07) is 9.86. The highest BCUT2D eigenvalue weighted by Gasteiger charge is 2.47. The van der Waals surface area contributed by atoms with Crippen LogP contribution in [0, 0.1) is 0 Å². The number of aryl methyl sites for hydroxylation is 1. The molecule has 1 fully saturated rings. The van der Waals surface area contributed by atoms with Gasteiger partial charge in [-0.3, -0.25) is 9.59 Å². The third kappa shape index (κ3) is 3.15. The maximum absolute atomic E-state index is 12.6. The zero-order valence-corrected chi connectivity index (χ0v) is 14.8. The lowest BCUT2D eigenvalue weighted by molar-refractivity contribution is -0.140. The van der Waals surface area contributed by atoms with Crippen LogP contribution >= 0.6 is 0 Å². The Labute approximate surface area is 151 Å². The number of carbonyl (C=O) groups excluding carboxylic acids is 2. The molecule has 1 saturated heterocycles. The predicted molar refractivity (Wildman–Crippen MR) is 95.4 cm³/mol. The first-order valence-electron chi connectivity index (χ1n) is 8.48. The SMILES string of the molecule is CCc1ccc(/C(O)=C2/C(=O)C(=O)N(CCOC)C2c2ccco2)cc1. The van der Waals surface area contributed by atoms with E-state index < -0.39 is 17.7 Å². The Bertz CT molecular complexity index is 820. The number of Topliss-reactive ketones (excluding diaryl/α,β-unsaturated/α-hetero) is 1. The molecule has 6 nitrogen and oxygen atoms in total. The Hall–Kier alpha value is -2.86. The van der Waals surface area contributed by atoms with Crippen molar-refractivity contribution in [1.82, 2.24) is 4.90 Å². The molecule has 0 bridgehead atoms. The smallest absolute Gasteiger partial charge is 0.295 e. The van der Waals surface area contributed by atoms with Crippen molar-refractivity contribution in [1.29, 1.82) is 0 Å². The van der Waals surface area contributed by atoms with Crippen molar-refractivity contribution in [2.75, 3.05) is 20.3 Å². The largest absolute Gasteiger partial charge is 0.507 e. The van der Waals surface area contributed by atoms with Crippen LogP contribution in [0.25, 0.3) is 5.76 Å². The first kappa shape index (κ1) is 17.9. The number of benzene rings is 1. The van der Waals surface area contributed by atoms with Crippen LogP contribution < -0.4 is 0 Å². The first-order valence-corrected chi connectivity index (χ1v) is 8.48. The van der Waals surface area contributed by atoms with E-state index in [1.165, 1.54) is 18.3 Å². The number of carbonyl (C=O) groups is 2. The van der Waals surface area contributed by atoms with Gasteiger partial charge in [0, 0.05) is 19.2 Å². The van der Waals surface area contributed by atoms with E-state index >= 15 is 0 Å². The Morgan fingerprint density at radius 1 is 1.23 bits per heavy atom.